The number of anilines is 1. The van der Waals surface area contributed by atoms with Gasteiger partial charge in [-0.15, -0.1) is 0 Å². The summed E-state index contributed by atoms with van der Waals surface area (Å²) in [6.07, 6.45) is 1.82. The fourth-order valence-electron chi connectivity index (χ4n) is 4.07. The van der Waals surface area contributed by atoms with E-state index in [2.05, 4.69) is 15.0 Å². The summed E-state index contributed by atoms with van der Waals surface area (Å²) in [5, 5.41) is 2.79. The first kappa shape index (κ1) is 23.0. The van der Waals surface area contributed by atoms with Gasteiger partial charge in [0, 0.05) is 43.1 Å². The smallest absolute Gasteiger partial charge is 0.257 e. The maximum atomic E-state index is 13.0. The van der Waals surface area contributed by atoms with Crippen molar-refractivity contribution in [3.8, 4) is 0 Å². The van der Waals surface area contributed by atoms with Crippen molar-refractivity contribution in [3.63, 3.8) is 0 Å². The third kappa shape index (κ3) is 5.34. The molecule has 0 radical (unpaired) electrons. The van der Waals surface area contributed by atoms with Crippen molar-refractivity contribution in [2.45, 2.75) is 51.9 Å². The lowest BCUT2D eigenvalue weighted by atomic mass is 10.1. The van der Waals surface area contributed by atoms with E-state index in [-0.39, 0.29) is 35.2 Å². The summed E-state index contributed by atoms with van der Waals surface area (Å²) in [6, 6.07) is 5.72. The standard InChI is InChI=1S/C22H30N4O4S/c1-14-11-15(2)13-18(12-14)25-19(27)7-8-23-31(29,30)21-17(4)24-16(3)20(21)22(28)26-9-5-6-10-26/h11-13,23-24H,5-10H2,1-4H3,(H,25,27). The fourth-order valence-corrected chi connectivity index (χ4v) is 5.55. The van der Waals surface area contributed by atoms with E-state index in [1.165, 1.54) is 0 Å². The second-order valence-corrected chi connectivity index (χ2v) is 9.85. The van der Waals surface area contributed by atoms with Gasteiger partial charge in [0.25, 0.3) is 5.91 Å². The molecule has 1 fully saturated rings. The number of sulfonamides is 1. The van der Waals surface area contributed by atoms with E-state index in [0.29, 0.717) is 30.2 Å². The Hall–Kier alpha value is -2.65. The average Bonchev–Trinajstić information content (AvgIpc) is 3.28. The van der Waals surface area contributed by atoms with E-state index in [1.807, 2.05) is 32.0 Å². The second-order valence-electron chi connectivity index (χ2n) is 8.15. The fraction of sp³-hybridized carbons (Fsp3) is 0.455. The Morgan fingerprint density at radius 1 is 1.00 bits per heavy atom. The molecular weight excluding hydrogens is 416 g/mol. The number of aryl methyl sites for hydroxylation is 4. The summed E-state index contributed by atoms with van der Waals surface area (Å²) in [7, 11) is -3.97. The van der Waals surface area contributed by atoms with Crippen LogP contribution in [0.25, 0.3) is 0 Å². The summed E-state index contributed by atoms with van der Waals surface area (Å²) in [5.41, 5.74) is 3.87. The van der Waals surface area contributed by atoms with Crippen molar-refractivity contribution in [1.82, 2.24) is 14.6 Å². The van der Waals surface area contributed by atoms with Crippen LogP contribution in [0.3, 0.4) is 0 Å². The van der Waals surface area contributed by atoms with Crippen molar-refractivity contribution in [2.75, 3.05) is 25.0 Å². The van der Waals surface area contributed by atoms with Gasteiger partial charge < -0.3 is 15.2 Å². The Balaban J connectivity index is 1.68. The highest BCUT2D eigenvalue weighted by molar-refractivity contribution is 7.89. The number of nitrogens with one attached hydrogen (secondary N) is 3. The zero-order chi connectivity index (χ0) is 22.8. The van der Waals surface area contributed by atoms with Crippen LogP contribution in [0.15, 0.2) is 23.1 Å². The number of nitrogens with zero attached hydrogens (tertiary/aromatic N) is 1. The second kappa shape index (κ2) is 9.23. The minimum absolute atomic E-state index is 0.0237. The molecule has 0 unspecified atom stereocenters. The van der Waals surface area contributed by atoms with Gasteiger partial charge in [0.1, 0.15) is 4.90 Å². The van der Waals surface area contributed by atoms with E-state index >= 15 is 0 Å². The molecule has 1 aliphatic heterocycles. The van der Waals surface area contributed by atoms with E-state index in [1.54, 1.807) is 18.7 Å². The molecule has 0 atom stereocenters. The molecule has 9 heteroatoms. The lowest BCUT2D eigenvalue weighted by Crippen LogP contribution is -2.32. The summed E-state index contributed by atoms with van der Waals surface area (Å²) >= 11 is 0. The molecule has 0 bridgehead atoms. The lowest BCUT2D eigenvalue weighted by molar-refractivity contribution is -0.116. The summed E-state index contributed by atoms with van der Waals surface area (Å²) in [5.74, 6) is -0.560. The number of carbonyl (C=O) groups is 2. The third-order valence-electron chi connectivity index (χ3n) is 5.34. The third-order valence-corrected chi connectivity index (χ3v) is 6.98. The monoisotopic (exact) mass is 446 g/mol. The van der Waals surface area contributed by atoms with Crippen LogP contribution in [0, 0.1) is 27.7 Å². The van der Waals surface area contributed by atoms with Crippen LogP contribution in [0.5, 0.6) is 0 Å². The lowest BCUT2D eigenvalue weighted by Gasteiger charge is -2.17. The summed E-state index contributed by atoms with van der Waals surface area (Å²) < 4.78 is 28.5. The predicted octanol–water partition coefficient (Wildman–Crippen LogP) is 2.79. The van der Waals surface area contributed by atoms with Gasteiger partial charge in [-0.2, -0.15) is 0 Å². The molecule has 1 aromatic heterocycles. The highest BCUT2D eigenvalue weighted by Gasteiger charge is 2.32. The quantitative estimate of drug-likeness (QED) is 0.607. The minimum atomic E-state index is -3.97. The zero-order valence-corrected chi connectivity index (χ0v) is 19.3. The van der Waals surface area contributed by atoms with E-state index < -0.39 is 10.0 Å². The van der Waals surface area contributed by atoms with Crippen molar-refractivity contribution in [1.29, 1.82) is 0 Å². The van der Waals surface area contributed by atoms with Gasteiger partial charge in [0.2, 0.25) is 15.9 Å². The number of hydrogen-bond donors (Lipinski definition) is 3. The Morgan fingerprint density at radius 2 is 1.61 bits per heavy atom. The molecule has 2 aromatic rings. The summed E-state index contributed by atoms with van der Waals surface area (Å²) in [4.78, 5) is 29.8. The van der Waals surface area contributed by atoms with Crippen molar-refractivity contribution >= 4 is 27.5 Å². The number of H-pyrrole nitrogens is 1. The Labute approximate surface area is 183 Å². The summed E-state index contributed by atoms with van der Waals surface area (Å²) in [6.45, 7) is 8.42. The Morgan fingerprint density at radius 3 is 2.23 bits per heavy atom. The van der Waals surface area contributed by atoms with Crippen LogP contribution in [0.2, 0.25) is 0 Å². The average molecular weight is 447 g/mol. The molecule has 31 heavy (non-hydrogen) atoms. The molecular formula is C22H30N4O4S. The van der Waals surface area contributed by atoms with Crippen LogP contribution in [0.4, 0.5) is 5.69 Å². The Bertz CT molecular complexity index is 1080. The molecule has 0 aliphatic carbocycles. The van der Waals surface area contributed by atoms with Crippen molar-refractivity contribution in [3.05, 3.63) is 46.3 Å². The number of likely N-dealkylation sites (tertiary alicyclic amines) is 1. The number of benzene rings is 1. The van der Waals surface area contributed by atoms with Crippen LogP contribution in [0.1, 0.15) is 52.1 Å². The molecule has 8 nitrogen and oxygen atoms in total. The van der Waals surface area contributed by atoms with Crippen molar-refractivity contribution < 1.29 is 18.0 Å². The Kier molecular flexibility index (Phi) is 6.86. The largest absolute Gasteiger partial charge is 0.361 e. The van der Waals surface area contributed by atoms with Crippen LogP contribution < -0.4 is 10.0 Å². The zero-order valence-electron chi connectivity index (χ0n) is 18.5. The van der Waals surface area contributed by atoms with Gasteiger partial charge in [-0.05, 0) is 63.8 Å². The first-order valence-corrected chi connectivity index (χ1v) is 11.9. The molecule has 0 saturated carbocycles. The normalized spacial score (nSPS) is 14.1. The molecule has 3 N–H and O–H groups in total. The van der Waals surface area contributed by atoms with Gasteiger partial charge in [-0.25, -0.2) is 13.1 Å². The van der Waals surface area contributed by atoms with Gasteiger partial charge >= 0.3 is 0 Å². The molecule has 1 saturated heterocycles. The van der Waals surface area contributed by atoms with E-state index in [4.69, 9.17) is 0 Å². The van der Waals surface area contributed by atoms with Crippen LogP contribution >= 0.6 is 0 Å². The topological polar surface area (TPSA) is 111 Å². The predicted molar refractivity (Wildman–Crippen MR) is 120 cm³/mol. The molecule has 2 amide bonds. The van der Waals surface area contributed by atoms with E-state index in [0.717, 1.165) is 24.0 Å². The molecule has 0 spiro atoms. The molecule has 1 aromatic carbocycles. The maximum absolute atomic E-state index is 13.0. The highest BCUT2D eigenvalue weighted by atomic mass is 32.2. The maximum Gasteiger partial charge on any atom is 0.257 e. The van der Waals surface area contributed by atoms with Crippen LogP contribution in [-0.2, 0) is 14.8 Å². The minimum Gasteiger partial charge on any atom is -0.361 e. The molecule has 3 rings (SSSR count). The molecule has 168 valence electrons. The highest BCUT2D eigenvalue weighted by Crippen LogP contribution is 2.26. The van der Waals surface area contributed by atoms with Crippen LogP contribution in [-0.4, -0.2) is 49.8 Å². The van der Waals surface area contributed by atoms with Crippen molar-refractivity contribution in [2.24, 2.45) is 0 Å². The number of amides is 2. The SMILES string of the molecule is Cc1cc(C)cc(NC(=O)CCNS(=O)(=O)c2c(C)[nH]c(C)c2C(=O)N2CCCC2)c1. The van der Waals surface area contributed by atoms with Gasteiger partial charge in [0.05, 0.1) is 5.56 Å². The molecule has 2 heterocycles. The number of aromatic amines is 1. The van der Waals surface area contributed by atoms with Gasteiger partial charge in [-0.1, -0.05) is 6.07 Å². The van der Waals surface area contributed by atoms with Gasteiger partial charge in [-0.3, -0.25) is 9.59 Å². The number of carbonyl (C=O) groups excluding carboxylic acids is 2. The first-order chi connectivity index (χ1) is 14.6. The van der Waals surface area contributed by atoms with Gasteiger partial charge in [0.15, 0.2) is 0 Å². The molecule has 1 aliphatic rings. The van der Waals surface area contributed by atoms with E-state index in [9.17, 15) is 18.0 Å². The number of rotatable bonds is 7. The number of aromatic nitrogens is 1. The first-order valence-electron chi connectivity index (χ1n) is 10.4. The number of hydrogen-bond acceptors (Lipinski definition) is 4.